The number of aryl methyl sites for hydroxylation is 1. The molecule has 0 fully saturated rings. The van der Waals surface area contributed by atoms with Gasteiger partial charge in [-0.3, -0.25) is 0 Å². The van der Waals surface area contributed by atoms with E-state index in [4.69, 9.17) is 10.7 Å². The summed E-state index contributed by atoms with van der Waals surface area (Å²) in [5.41, 5.74) is 7.41. The van der Waals surface area contributed by atoms with Gasteiger partial charge in [-0.2, -0.15) is 0 Å². The minimum absolute atomic E-state index is 0.388. The molecule has 0 spiro atoms. The minimum atomic E-state index is 0.388. The van der Waals surface area contributed by atoms with E-state index < -0.39 is 0 Å². The van der Waals surface area contributed by atoms with Crippen LogP contribution >= 0.6 is 0 Å². The van der Waals surface area contributed by atoms with Gasteiger partial charge >= 0.3 is 0 Å². The Bertz CT molecular complexity index is 377. The maximum Gasteiger partial charge on any atom is 0.127 e. The van der Waals surface area contributed by atoms with Crippen molar-refractivity contribution in [1.29, 1.82) is 0 Å². The third-order valence-corrected chi connectivity index (χ3v) is 3.33. The highest BCUT2D eigenvalue weighted by Crippen LogP contribution is 2.30. The monoisotopic (exact) mass is 251 g/mol. The fourth-order valence-electron chi connectivity index (χ4n) is 2.67. The van der Waals surface area contributed by atoms with Crippen molar-refractivity contribution in [3.05, 3.63) is 11.5 Å². The quantitative estimate of drug-likeness (QED) is 0.825. The van der Waals surface area contributed by atoms with E-state index in [1.807, 2.05) is 0 Å². The van der Waals surface area contributed by atoms with Gasteiger partial charge in [0.05, 0.1) is 5.69 Å². The highest BCUT2D eigenvalue weighted by Gasteiger charge is 2.20. The zero-order valence-corrected chi connectivity index (χ0v) is 12.8. The normalized spacial score (nSPS) is 13.6. The number of hydrogen-bond donors (Lipinski definition) is 1. The summed E-state index contributed by atoms with van der Waals surface area (Å²) in [6.07, 6.45) is 3.27. The van der Waals surface area contributed by atoms with Gasteiger partial charge in [0, 0.05) is 18.4 Å². The van der Waals surface area contributed by atoms with Crippen LogP contribution in [0.3, 0.4) is 0 Å². The number of anilines is 1. The summed E-state index contributed by atoms with van der Waals surface area (Å²) in [5.74, 6) is 3.15. The SMILES string of the molecule is CCCc1nc(C(C)CC(C)C)c(N)n1C(C)C. The van der Waals surface area contributed by atoms with Gasteiger partial charge in [0.15, 0.2) is 0 Å². The van der Waals surface area contributed by atoms with Gasteiger partial charge < -0.3 is 10.3 Å². The highest BCUT2D eigenvalue weighted by molar-refractivity contribution is 5.41. The zero-order valence-electron chi connectivity index (χ0n) is 12.8. The molecule has 0 aliphatic carbocycles. The Morgan fingerprint density at radius 3 is 2.22 bits per heavy atom. The number of nitrogens with zero attached hydrogens (tertiary/aromatic N) is 2. The Labute approximate surface area is 112 Å². The average molecular weight is 251 g/mol. The molecule has 1 aromatic rings. The molecular weight excluding hydrogens is 222 g/mol. The van der Waals surface area contributed by atoms with Crippen LogP contribution in [0.1, 0.15) is 77.9 Å². The van der Waals surface area contributed by atoms with E-state index >= 15 is 0 Å². The van der Waals surface area contributed by atoms with Crippen molar-refractivity contribution in [3.8, 4) is 0 Å². The lowest BCUT2D eigenvalue weighted by atomic mass is 9.96. The summed E-state index contributed by atoms with van der Waals surface area (Å²) in [7, 11) is 0. The van der Waals surface area contributed by atoms with Crippen LogP contribution in [0.5, 0.6) is 0 Å². The number of nitrogen functional groups attached to an aromatic ring is 1. The Kier molecular flexibility index (Phi) is 5.24. The summed E-state index contributed by atoms with van der Waals surface area (Å²) >= 11 is 0. The molecule has 1 atom stereocenters. The second kappa shape index (κ2) is 6.26. The Hall–Kier alpha value is -0.990. The van der Waals surface area contributed by atoms with Crippen molar-refractivity contribution < 1.29 is 0 Å². The molecule has 18 heavy (non-hydrogen) atoms. The molecule has 104 valence electrons. The summed E-state index contributed by atoms with van der Waals surface area (Å²) in [6, 6.07) is 0.388. The van der Waals surface area contributed by atoms with Crippen LogP contribution in [0.4, 0.5) is 5.82 Å². The van der Waals surface area contributed by atoms with E-state index in [2.05, 4.69) is 46.1 Å². The van der Waals surface area contributed by atoms with Crippen LogP contribution in [0.25, 0.3) is 0 Å². The number of nitrogens with two attached hydrogens (primary N) is 1. The highest BCUT2D eigenvalue weighted by atomic mass is 15.2. The summed E-state index contributed by atoms with van der Waals surface area (Å²) < 4.78 is 2.20. The minimum Gasteiger partial charge on any atom is -0.384 e. The molecule has 1 rings (SSSR count). The van der Waals surface area contributed by atoms with Gasteiger partial charge in [0.1, 0.15) is 11.6 Å². The Morgan fingerprint density at radius 1 is 1.17 bits per heavy atom. The predicted molar refractivity (Wildman–Crippen MR) is 78.9 cm³/mol. The molecule has 0 amide bonds. The number of aromatic nitrogens is 2. The molecule has 3 nitrogen and oxygen atoms in total. The smallest absolute Gasteiger partial charge is 0.127 e. The molecule has 0 saturated carbocycles. The van der Waals surface area contributed by atoms with Crippen LogP contribution in [-0.2, 0) is 6.42 Å². The summed E-state index contributed by atoms with van der Waals surface area (Å²) in [4.78, 5) is 4.81. The van der Waals surface area contributed by atoms with Crippen molar-refractivity contribution in [2.75, 3.05) is 5.73 Å². The Balaban J connectivity index is 3.09. The van der Waals surface area contributed by atoms with E-state index in [-0.39, 0.29) is 0 Å². The van der Waals surface area contributed by atoms with E-state index in [0.29, 0.717) is 17.9 Å². The third kappa shape index (κ3) is 3.27. The van der Waals surface area contributed by atoms with Gasteiger partial charge in [-0.1, -0.05) is 27.7 Å². The molecular formula is C15H29N3. The van der Waals surface area contributed by atoms with Crippen molar-refractivity contribution in [3.63, 3.8) is 0 Å². The van der Waals surface area contributed by atoms with Gasteiger partial charge in [0.25, 0.3) is 0 Å². The van der Waals surface area contributed by atoms with Crippen LogP contribution in [-0.4, -0.2) is 9.55 Å². The van der Waals surface area contributed by atoms with E-state index in [9.17, 15) is 0 Å². The van der Waals surface area contributed by atoms with Crippen molar-refractivity contribution >= 4 is 5.82 Å². The standard InChI is InChI=1S/C15H29N3/c1-7-8-13-17-14(12(6)9-10(2)3)15(16)18(13)11(4)5/h10-12H,7-9,16H2,1-6H3. The topological polar surface area (TPSA) is 43.8 Å². The maximum atomic E-state index is 6.31. The first-order chi connectivity index (χ1) is 8.38. The average Bonchev–Trinajstić information content (AvgIpc) is 2.55. The first-order valence-corrected chi connectivity index (χ1v) is 7.24. The lowest BCUT2D eigenvalue weighted by Gasteiger charge is -2.15. The first-order valence-electron chi connectivity index (χ1n) is 7.24. The second-order valence-electron chi connectivity index (χ2n) is 6.04. The molecule has 0 saturated heterocycles. The lowest BCUT2D eigenvalue weighted by Crippen LogP contribution is -2.10. The maximum absolute atomic E-state index is 6.31. The molecule has 2 N–H and O–H groups in total. The molecule has 1 unspecified atom stereocenters. The van der Waals surface area contributed by atoms with Crippen LogP contribution in [0.2, 0.25) is 0 Å². The van der Waals surface area contributed by atoms with E-state index in [1.54, 1.807) is 0 Å². The van der Waals surface area contributed by atoms with E-state index in [1.165, 1.54) is 0 Å². The summed E-state index contributed by atoms with van der Waals surface area (Å²) in [6.45, 7) is 13.3. The Morgan fingerprint density at radius 2 is 1.78 bits per heavy atom. The second-order valence-corrected chi connectivity index (χ2v) is 6.04. The predicted octanol–water partition coefficient (Wildman–Crippen LogP) is 4.15. The van der Waals surface area contributed by atoms with Gasteiger partial charge in [0.2, 0.25) is 0 Å². The first kappa shape index (κ1) is 15.1. The molecule has 0 aliphatic rings. The van der Waals surface area contributed by atoms with Gasteiger partial charge in [-0.25, -0.2) is 4.98 Å². The zero-order chi connectivity index (χ0) is 13.9. The largest absolute Gasteiger partial charge is 0.384 e. The molecule has 0 aromatic carbocycles. The molecule has 1 heterocycles. The molecule has 0 aliphatic heterocycles. The van der Waals surface area contributed by atoms with Gasteiger partial charge in [-0.05, 0) is 32.6 Å². The molecule has 3 heteroatoms. The van der Waals surface area contributed by atoms with Crippen LogP contribution in [0, 0.1) is 5.92 Å². The molecule has 0 bridgehead atoms. The number of rotatable bonds is 6. The fourth-order valence-corrected chi connectivity index (χ4v) is 2.67. The number of imidazole rings is 1. The third-order valence-electron chi connectivity index (χ3n) is 3.33. The van der Waals surface area contributed by atoms with Crippen LogP contribution < -0.4 is 5.73 Å². The lowest BCUT2D eigenvalue weighted by molar-refractivity contribution is 0.517. The number of hydrogen-bond acceptors (Lipinski definition) is 2. The van der Waals surface area contributed by atoms with Crippen molar-refractivity contribution in [2.24, 2.45) is 5.92 Å². The summed E-state index contributed by atoms with van der Waals surface area (Å²) in [5, 5.41) is 0. The molecule has 0 radical (unpaired) electrons. The van der Waals surface area contributed by atoms with Crippen molar-refractivity contribution in [1.82, 2.24) is 9.55 Å². The van der Waals surface area contributed by atoms with Crippen molar-refractivity contribution in [2.45, 2.75) is 72.8 Å². The van der Waals surface area contributed by atoms with Crippen LogP contribution in [0.15, 0.2) is 0 Å². The van der Waals surface area contributed by atoms with E-state index in [0.717, 1.165) is 36.6 Å². The molecule has 1 aromatic heterocycles. The fraction of sp³-hybridized carbons (Fsp3) is 0.800. The van der Waals surface area contributed by atoms with Gasteiger partial charge in [-0.15, -0.1) is 0 Å².